The summed E-state index contributed by atoms with van der Waals surface area (Å²) in [5, 5.41) is 11.0. The molecule has 0 fully saturated rings. The van der Waals surface area contributed by atoms with Crippen molar-refractivity contribution in [1.82, 2.24) is 0 Å². The van der Waals surface area contributed by atoms with E-state index in [2.05, 4.69) is 0 Å². The van der Waals surface area contributed by atoms with Crippen molar-refractivity contribution in [2.45, 2.75) is 40.0 Å². The van der Waals surface area contributed by atoms with Crippen LogP contribution < -0.4 is 0 Å². The Morgan fingerprint density at radius 1 is 1.00 bits per heavy atom. The lowest BCUT2D eigenvalue weighted by Crippen LogP contribution is -2.03. The summed E-state index contributed by atoms with van der Waals surface area (Å²) in [7, 11) is 0. The van der Waals surface area contributed by atoms with Crippen molar-refractivity contribution in [3.05, 3.63) is 37.9 Å². The minimum atomic E-state index is -0.240. The summed E-state index contributed by atoms with van der Waals surface area (Å²) < 4.78 is 0. The highest BCUT2D eigenvalue weighted by Crippen LogP contribution is 2.37. The van der Waals surface area contributed by atoms with Gasteiger partial charge in [-0.15, -0.1) is 0 Å². The average molecular weight is 205 g/mol. The van der Waals surface area contributed by atoms with Gasteiger partial charge >= 0.3 is 0 Å². The number of hydrogen-bond donors (Lipinski definition) is 0. The van der Waals surface area contributed by atoms with Crippen LogP contribution in [0.4, 0.5) is 5.69 Å². The fourth-order valence-corrected chi connectivity index (χ4v) is 2.67. The van der Waals surface area contributed by atoms with E-state index in [1.165, 1.54) is 11.1 Å². The Balaban J connectivity index is 2.79. The maximum absolute atomic E-state index is 11.0. The molecule has 0 heterocycles. The molecular weight excluding hydrogens is 190 g/mol. The molecule has 80 valence electrons. The fourth-order valence-electron chi connectivity index (χ4n) is 2.67. The molecule has 15 heavy (non-hydrogen) atoms. The molecule has 1 aliphatic rings. The smallest absolute Gasteiger partial charge is 0.258 e. The third kappa shape index (κ3) is 1.34. The zero-order valence-corrected chi connectivity index (χ0v) is 9.39. The van der Waals surface area contributed by atoms with E-state index in [0.29, 0.717) is 5.69 Å². The van der Waals surface area contributed by atoms with Gasteiger partial charge in [0.1, 0.15) is 0 Å². The van der Waals surface area contributed by atoms with Gasteiger partial charge in [-0.05, 0) is 56.7 Å². The number of nitro groups is 1. The summed E-state index contributed by atoms with van der Waals surface area (Å²) in [6, 6.07) is 0. The van der Waals surface area contributed by atoms with Crippen LogP contribution in [0.1, 0.15) is 34.2 Å². The molecule has 0 saturated carbocycles. The molecule has 0 spiro atoms. The number of fused-ring (bicyclic) bond motifs is 1. The quantitative estimate of drug-likeness (QED) is 0.522. The fraction of sp³-hybridized carbons (Fsp3) is 0.500. The molecule has 0 radical (unpaired) electrons. The van der Waals surface area contributed by atoms with E-state index in [1.807, 2.05) is 20.8 Å². The summed E-state index contributed by atoms with van der Waals surface area (Å²) in [6.45, 7) is 5.75. The van der Waals surface area contributed by atoms with E-state index < -0.39 is 0 Å². The van der Waals surface area contributed by atoms with Crippen LogP contribution in [0.5, 0.6) is 0 Å². The third-order valence-electron chi connectivity index (χ3n) is 3.58. The predicted molar refractivity (Wildman–Crippen MR) is 59.3 cm³/mol. The lowest BCUT2D eigenvalue weighted by molar-refractivity contribution is -0.386. The van der Waals surface area contributed by atoms with Gasteiger partial charge in [0.15, 0.2) is 0 Å². The lowest BCUT2D eigenvalue weighted by Gasteiger charge is -2.12. The standard InChI is InChI=1S/C12H15NO2/c1-7-8(2)12(13(14)15)9(3)11-6-4-5-10(7)11/h4-6H2,1-3H3. The molecule has 3 heteroatoms. The number of nitro benzene ring substituents is 1. The highest BCUT2D eigenvalue weighted by molar-refractivity contribution is 5.59. The molecule has 0 aromatic heterocycles. The summed E-state index contributed by atoms with van der Waals surface area (Å²) >= 11 is 0. The summed E-state index contributed by atoms with van der Waals surface area (Å²) in [4.78, 5) is 10.8. The van der Waals surface area contributed by atoms with Gasteiger partial charge in [-0.2, -0.15) is 0 Å². The Hall–Kier alpha value is -1.38. The van der Waals surface area contributed by atoms with Crippen LogP contribution in [0.15, 0.2) is 0 Å². The van der Waals surface area contributed by atoms with Crippen LogP contribution in [0, 0.1) is 30.9 Å². The van der Waals surface area contributed by atoms with Crippen LogP contribution in [-0.4, -0.2) is 4.92 Å². The van der Waals surface area contributed by atoms with Gasteiger partial charge in [0, 0.05) is 11.1 Å². The maximum atomic E-state index is 11.0. The van der Waals surface area contributed by atoms with Crippen molar-refractivity contribution < 1.29 is 4.92 Å². The van der Waals surface area contributed by atoms with Crippen molar-refractivity contribution in [3.8, 4) is 0 Å². The Morgan fingerprint density at radius 3 is 2.07 bits per heavy atom. The summed E-state index contributed by atoms with van der Waals surface area (Å²) in [5.41, 5.74) is 5.77. The normalized spacial score (nSPS) is 14.1. The maximum Gasteiger partial charge on any atom is 0.275 e. The Kier molecular flexibility index (Phi) is 2.25. The molecule has 1 aromatic rings. The molecule has 0 atom stereocenters. The minimum Gasteiger partial charge on any atom is -0.258 e. The highest BCUT2D eigenvalue weighted by Gasteiger charge is 2.26. The van der Waals surface area contributed by atoms with E-state index >= 15 is 0 Å². The second-order valence-electron chi connectivity index (χ2n) is 4.29. The van der Waals surface area contributed by atoms with E-state index in [9.17, 15) is 10.1 Å². The number of rotatable bonds is 1. The number of nitrogens with zero attached hydrogens (tertiary/aromatic N) is 1. The van der Waals surface area contributed by atoms with Gasteiger partial charge < -0.3 is 0 Å². The van der Waals surface area contributed by atoms with Crippen LogP contribution in [0.25, 0.3) is 0 Å². The van der Waals surface area contributed by atoms with Crippen molar-refractivity contribution in [1.29, 1.82) is 0 Å². The Morgan fingerprint density at radius 2 is 1.53 bits per heavy atom. The van der Waals surface area contributed by atoms with Crippen molar-refractivity contribution >= 4 is 5.69 Å². The molecule has 3 nitrogen and oxygen atoms in total. The lowest BCUT2D eigenvalue weighted by atomic mass is 9.93. The van der Waals surface area contributed by atoms with Gasteiger partial charge in [-0.3, -0.25) is 10.1 Å². The summed E-state index contributed by atoms with van der Waals surface area (Å²) in [5.74, 6) is 0. The van der Waals surface area contributed by atoms with E-state index in [4.69, 9.17) is 0 Å². The van der Waals surface area contributed by atoms with E-state index in [-0.39, 0.29) is 4.92 Å². The van der Waals surface area contributed by atoms with Crippen LogP contribution in [-0.2, 0) is 12.8 Å². The van der Waals surface area contributed by atoms with Gasteiger partial charge in [-0.25, -0.2) is 0 Å². The molecule has 0 unspecified atom stereocenters. The zero-order valence-electron chi connectivity index (χ0n) is 9.39. The van der Waals surface area contributed by atoms with Gasteiger partial charge in [0.25, 0.3) is 5.69 Å². The van der Waals surface area contributed by atoms with Crippen molar-refractivity contribution in [2.75, 3.05) is 0 Å². The molecule has 0 saturated heterocycles. The van der Waals surface area contributed by atoms with Crippen LogP contribution in [0.3, 0.4) is 0 Å². The Labute approximate surface area is 89.3 Å². The van der Waals surface area contributed by atoms with Gasteiger partial charge in [0.2, 0.25) is 0 Å². The second kappa shape index (κ2) is 3.33. The minimum absolute atomic E-state index is 0.240. The number of benzene rings is 1. The first kappa shape index (κ1) is 10.1. The number of hydrogen-bond acceptors (Lipinski definition) is 2. The molecule has 1 aliphatic carbocycles. The zero-order chi connectivity index (χ0) is 11.2. The first-order chi connectivity index (χ1) is 7.04. The van der Waals surface area contributed by atoms with Crippen molar-refractivity contribution in [3.63, 3.8) is 0 Å². The largest absolute Gasteiger partial charge is 0.275 e. The molecule has 1 aromatic carbocycles. The van der Waals surface area contributed by atoms with Crippen LogP contribution >= 0.6 is 0 Å². The monoisotopic (exact) mass is 205 g/mol. The average Bonchev–Trinajstić information content (AvgIpc) is 2.62. The third-order valence-corrected chi connectivity index (χ3v) is 3.58. The summed E-state index contributed by atoms with van der Waals surface area (Å²) in [6.07, 6.45) is 3.22. The second-order valence-corrected chi connectivity index (χ2v) is 4.29. The molecule has 0 bridgehead atoms. The van der Waals surface area contributed by atoms with E-state index in [1.54, 1.807) is 0 Å². The predicted octanol–water partition coefficient (Wildman–Crippen LogP) is 3.01. The molecule has 0 N–H and O–H groups in total. The first-order valence-corrected chi connectivity index (χ1v) is 5.30. The van der Waals surface area contributed by atoms with Gasteiger partial charge in [-0.1, -0.05) is 0 Å². The SMILES string of the molecule is Cc1c(C)c([N+](=O)[O-])c(C)c2c1CCC2. The molecular formula is C12H15NO2. The van der Waals surface area contributed by atoms with Gasteiger partial charge in [0.05, 0.1) is 4.92 Å². The van der Waals surface area contributed by atoms with Crippen molar-refractivity contribution in [2.24, 2.45) is 0 Å². The molecule has 0 aliphatic heterocycles. The Bertz CT molecular complexity index is 450. The van der Waals surface area contributed by atoms with Crippen LogP contribution in [0.2, 0.25) is 0 Å². The highest BCUT2D eigenvalue weighted by atomic mass is 16.6. The first-order valence-electron chi connectivity index (χ1n) is 5.30. The van der Waals surface area contributed by atoms with E-state index in [0.717, 1.165) is 36.0 Å². The topological polar surface area (TPSA) is 43.1 Å². The molecule has 2 rings (SSSR count). The molecule has 0 amide bonds.